The zero-order chi connectivity index (χ0) is 19.7. The smallest absolute Gasteiger partial charge is 0.250 e. The monoisotopic (exact) mass is 374 g/mol. The summed E-state index contributed by atoms with van der Waals surface area (Å²) in [5.41, 5.74) is 3.25. The minimum absolute atomic E-state index is 0.0631. The van der Waals surface area contributed by atoms with Gasteiger partial charge < -0.3 is 14.0 Å². The third-order valence-corrected chi connectivity index (χ3v) is 5.49. The number of benzene rings is 1. The second-order valence-electron chi connectivity index (χ2n) is 7.24. The minimum atomic E-state index is -0.0631. The Labute approximate surface area is 163 Å². The van der Waals surface area contributed by atoms with Gasteiger partial charge in [0.05, 0.1) is 11.3 Å². The van der Waals surface area contributed by atoms with Crippen molar-refractivity contribution in [2.45, 2.75) is 18.8 Å². The number of rotatable bonds is 3. The Balaban J connectivity index is 1.68. The van der Waals surface area contributed by atoms with E-state index in [1.807, 2.05) is 35.9 Å². The quantitative estimate of drug-likeness (QED) is 0.703. The Morgan fingerprint density at radius 3 is 2.57 bits per heavy atom. The summed E-state index contributed by atoms with van der Waals surface area (Å²) in [6.07, 6.45) is 5.39. The number of nitrogens with zero attached hydrogens (tertiary/aromatic N) is 6. The first kappa shape index (κ1) is 18.0. The molecule has 1 fully saturated rings. The van der Waals surface area contributed by atoms with Gasteiger partial charge in [-0.2, -0.15) is 5.26 Å². The molecule has 0 radical (unpaired) electrons. The SMILES string of the molecule is Cn1cnnc1C1CCN(c2c(C#N)cccc2-c2ccn(C)c(=O)c2)CC1. The largest absolute Gasteiger partial charge is 0.370 e. The molecule has 0 amide bonds. The summed E-state index contributed by atoms with van der Waals surface area (Å²) in [7, 11) is 3.71. The molecule has 7 nitrogen and oxygen atoms in total. The van der Waals surface area contributed by atoms with Crippen LogP contribution in [0.3, 0.4) is 0 Å². The van der Waals surface area contributed by atoms with Crippen LogP contribution in [0, 0.1) is 11.3 Å². The maximum absolute atomic E-state index is 12.1. The molecule has 28 heavy (non-hydrogen) atoms. The van der Waals surface area contributed by atoms with Crippen molar-refractivity contribution in [3.8, 4) is 17.2 Å². The molecule has 1 aliphatic heterocycles. The highest BCUT2D eigenvalue weighted by Crippen LogP contribution is 2.37. The third-order valence-electron chi connectivity index (χ3n) is 5.49. The van der Waals surface area contributed by atoms with Gasteiger partial charge in [0, 0.05) is 50.9 Å². The minimum Gasteiger partial charge on any atom is -0.370 e. The highest BCUT2D eigenvalue weighted by Gasteiger charge is 2.26. The first-order valence-electron chi connectivity index (χ1n) is 9.37. The van der Waals surface area contributed by atoms with Gasteiger partial charge in [-0.15, -0.1) is 10.2 Å². The van der Waals surface area contributed by atoms with E-state index in [1.54, 1.807) is 30.2 Å². The molecular formula is C21H22N6O. The van der Waals surface area contributed by atoms with Crippen molar-refractivity contribution in [1.29, 1.82) is 5.26 Å². The van der Waals surface area contributed by atoms with E-state index in [0.717, 1.165) is 48.6 Å². The van der Waals surface area contributed by atoms with Gasteiger partial charge in [-0.25, -0.2) is 0 Å². The Kier molecular flexibility index (Phi) is 4.70. The number of anilines is 1. The molecule has 1 aromatic carbocycles. The van der Waals surface area contributed by atoms with E-state index < -0.39 is 0 Å². The molecule has 1 aliphatic rings. The lowest BCUT2D eigenvalue weighted by atomic mass is 9.93. The van der Waals surface area contributed by atoms with Crippen LogP contribution in [-0.4, -0.2) is 32.4 Å². The number of para-hydroxylation sites is 1. The molecule has 0 atom stereocenters. The summed E-state index contributed by atoms with van der Waals surface area (Å²) in [6.45, 7) is 1.65. The summed E-state index contributed by atoms with van der Waals surface area (Å²) in [5.74, 6) is 1.38. The molecule has 0 unspecified atom stereocenters. The van der Waals surface area contributed by atoms with Crippen molar-refractivity contribution in [2.75, 3.05) is 18.0 Å². The molecule has 2 aromatic heterocycles. The second kappa shape index (κ2) is 7.31. The number of hydrogen-bond donors (Lipinski definition) is 0. The normalized spacial score (nSPS) is 14.8. The summed E-state index contributed by atoms with van der Waals surface area (Å²) in [5, 5.41) is 17.9. The van der Waals surface area contributed by atoms with Gasteiger partial charge in [-0.1, -0.05) is 12.1 Å². The molecule has 0 spiro atoms. The molecule has 142 valence electrons. The predicted molar refractivity (Wildman–Crippen MR) is 107 cm³/mol. The van der Waals surface area contributed by atoms with Crippen LogP contribution in [0.25, 0.3) is 11.1 Å². The highest BCUT2D eigenvalue weighted by atomic mass is 16.1. The molecular weight excluding hydrogens is 352 g/mol. The van der Waals surface area contributed by atoms with E-state index in [4.69, 9.17) is 0 Å². The molecule has 0 aliphatic carbocycles. The van der Waals surface area contributed by atoms with E-state index in [2.05, 4.69) is 21.2 Å². The number of nitriles is 1. The van der Waals surface area contributed by atoms with E-state index in [9.17, 15) is 10.1 Å². The molecule has 7 heteroatoms. The van der Waals surface area contributed by atoms with Gasteiger partial charge >= 0.3 is 0 Å². The van der Waals surface area contributed by atoms with E-state index in [1.165, 1.54) is 0 Å². The Bertz CT molecular complexity index is 1100. The Morgan fingerprint density at radius 2 is 1.93 bits per heavy atom. The second-order valence-corrected chi connectivity index (χ2v) is 7.24. The van der Waals surface area contributed by atoms with Crippen molar-refractivity contribution >= 4 is 5.69 Å². The van der Waals surface area contributed by atoms with Gasteiger partial charge in [0.2, 0.25) is 0 Å². The van der Waals surface area contributed by atoms with Crippen LogP contribution in [0.1, 0.15) is 30.1 Å². The molecule has 0 saturated carbocycles. The van der Waals surface area contributed by atoms with Crippen molar-refractivity contribution in [1.82, 2.24) is 19.3 Å². The van der Waals surface area contributed by atoms with Crippen LogP contribution in [0.5, 0.6) is 0 Å². The fourth-order valence-corrected chi connectivity index (χ4v) is 3.95. The van der Waals surface area contributed by atoms with Crippen molar-refractivity contribution in [2.24, 2.45) is 14.1 Å². The van der Waals surface area contributed by atoms with Gasteiger partial charge in [0.1, 0.15) is 18.2 Å². The molecule has 0 N–H and O–H groups in total. The summed E-state index contributed by atoms with van der Waals surface area (Å²) >= 11 is 0. The first-order chi connectivity index (χ1) is 13.6. The zero-order valence-electron chi connectivity index (χ0n) is 16.0. The summed E-state index contributed by atoms with van der Waals surface area (Å²) in [4.78, 5) is 14.4. The van der Waals surface area contributed by atoms with E-state index in [-0.39, 0.29) is 5.56 Å². The standard InChI is InChI=1S/C21H22N6O/c1-25-9-6-16(12-19(25)28)18-5-3-4-17(13-22)20(18)27-10-7-15(8-11-27)21-24-23-14-26(21)2/h3-6,9,12,14-15H,7-8,10-11H2,1-2H3. The molecule has 3 heterocycles. The van der Waals surface area contributed by atoms with Crippen LogP contribution < -0.4 is 10.5 Å². The molecule has 1 saturated heterocycles. The van der Waals surface area contributed by atoms with Crippen LogP contribution in [0.2, 0.25) is 0 Å². The van der Waals surface area contributed by atoms with Crippen molar-refractivity contribution in [3.63, 3.8) is 0 Å². The van der Waals surface area contributed by atoms with Crippen LogP contribution in [-0.2, 0) is 14.1 Å². The topological polar surface area (TPSA) is 79.7 Å². The Hall–Kier alpha value is -3.40. The van der Waals surface area contributed by atoms with Gasteiger partial charge in [0.25, 0.3) is 5.56 Å². The lowest BCUT2D eigenvalue weighted by Gasteiger charge is -2.35. The third kappa shape index (κ3) is 3.18. The average Bonchev–Trinajstić information content (AvgIpc) is 3.15. The molecule has 4 rings (SSSR count). The number of aromatic nitrogens is 4. The van der Waals surface area contributed by atoms with E-state index in [0.29, 0.717) is 11.5 Å². The van der Waals surface area contributed by atoms with Crippen LogP contribution >= 0.6 is 0 Å². The van der Waals surface area contributed by atoms with E-state index >= 15 is 0 Å². The number of aryl methyl sites for hydroxylation is 2. The predicted octanol–water partition coefficient (Wildman–Crippen LogP) is 2.44. The number of piperidine rings is 1. The number of pyridine rings is 1. The van der Waals surface area contributed by atoms with Gasteiger partial charge in [0.15, 0.2) is 0 Å². The maximum Gasteiger partial charge on any atom is 0.250 e. The molecule has 3 aromatic rings. The maximum atomic E-state index is 12.1. The Morgan fingerprint density at radius 1 is 1.14 bits per heavy atom. The zero-order valence-corrected chi connectivity index (χ0v) is 16.0. The lowest BCUT2D eigenvalue weighted by molar-refractivity contribution is 0.474. The van der Waals surface area contributed by atoms with Crippen LogP contribution in [0.15, 0.2) is 47.7 Å². The fourth-order valence-electron chi connectivity index (χ4n) is 3.95. The summed E-state index contributed by atoms with van der Waals surface area (Å²) in [6, 6.07) is 11.6. The highest BCUT2D eigenvalue weighted by molar-refractivity contribution is 5.82. The fraction of sp³-hybridized carbons (Fsp3) is 0.333. The average molecular weight is 374 g/mol. The van der Waals surface area contributed by atoms with Gasteiger partial charge in [-0.05, 0) is 30.5 Å². The van der Waals surface area contributed by atoms with Gasteiger partial charge in [-0.3, -0.25) is 4.79 Å². The van der Waals surface area contributed by atoms with Crippen LogP contribution in [0.4, 0.5) is 5.69 Å². The first-order valence-corrected chi connectivity index (χ1v) is 9.37. The van der Waals surface area contributed by atoms with Crippen molar-refractivity contribution in [3.05, 3.63) is 64.6 Å². The molecule has 0 bridgehead atoms. The number of hydrogen-bond acceptors (Lipinski definition) is 5. The van der Waals surface area contributed by atoms with Crippen molar-refractivity contribution < 1.29 is 0 Å². The lowest BCUT2D eigenvalue weighted by Crippen LogP contribution is -2.34. The summed E-state index contributed by atoms with van der Waals surface area (Å²) < 4.78 is 3.53.